The first-order valence-electron chi connectivity index (χ1n) is 7.80. The Balaban J connectivity index is 1.81. The number of rotatable bonds is 5. The molecule has 18 heavy (non-hydrogen) atoms. The molecule has 0 radical (unpaired) electrons. The van der Waals surface area contributed by atoms with E-state index in [1.165, 1.54) is 58.2 Å². The molecule has 3 atom stereocenters. The Labute approximate surface area is 113 Å². The number of likely N-dealkylation sites (N-methyl/N-ethyl adjacent to an activating group) is 1. The third-order valence-corrected chi connectivity index (χ3v) is 4.60. The molecule has 0 aromatic heterocycles. The normalized spacial score (nSPS) is 32.0. The van der Waals surface area contributed by atoms with Gasteiger partial charge in [-0.1, -0.05) is 6.42 Å². The summed E-state index contributed by atoms with van der Waals surface area (Å²) in [5, 5.41) is 3.69. The van der Waals surface area contributed by atoms with E-state index in [2.05, 4.69) is 36.1 Å². The highest BCUT2D eigenvalue weighted by molar-refractivity contribution is 4.87. The molecule has 0 aliphatic carbocycles. The Morgan fingerprint density at radius 1 is 1.22 bits per heavy atom. The molecule has 3 unspecified atom stereocenters. The van der Waals surface area contributed by atoms with Crippen molar-refractivity contribution in [1.29, 1.82) is 0 Å². The SMILES string of the molecule is CC(CC1CCCCN1)N1CCCC1CN(C)C. The fourth-order valence-corrected chi connectivity index (χ4v) is 3.73. The zero-order chi connectivity index (χ0) is 13.0. The number of nitrogens with zero attached hydrogens (tertiary/aromatic N) is 2. The van der Waals surface area contributed by atoms with E-state index in [0.717, 1.165) is 18.1 Å². The molecular weight excluding hydrogens is 222 g/mol. The predicted octanol–water partition coefficient (Wildman–Crippen LogP) is 1.93. The smallest absolute Gasteiger partial charge is 0.0226 e. The summed E-state index contributed by atoms with van der Waals surface area (Å²) in [6.45, 7) is 6.21. The van der Waals surface area contributed by atoms with Crippen LogP contribution >= 0.6 is 0 Å². The van der Waals surface area contributed by atoms with Gasteiger partial charge in [0.2, 0.25) is 0 Å². The summed E-state index contributed by atoms with van der Waals surface area (Å²) >= 11 is 0. The second kappa shape index (κ2) is 6.88. The summed E-state index contributed by atoms with van der Waals surface area (Å²) in [4.78, 5) is 5.10. The van der Waals surface area contributed by atoms with Crippen LogP contribution in [0.1, 0.15) is 45.4 Å². The Morgan fingerprint density at radius 3 is 2.72 bits per heavy atom. The summed E-state index contributed by atoms with van der Waals surface area (Å²) in [5.74, 6) is 0. The summed E-state index contributed by atoms with van der Waals surface area (Å²) in [6.07, 6.45) is 8.30. The maximum atomic E-state index is 3.69. The Morgan fingerprint density at radius 2 is 2.06 bits per heavy atom. The van der Waals surface area contributed by atoms with E-state index in [-0.39, 0.29) is 0 Å². The van der Waals surface area contributed by atoms with Gasteiger partial charge in [0, 0.05) is 24.7 Å². The monoisotopic (exact) mass is 253 g/mol. The molecule has 0 spiro atoms. The lowest BCUT2D eigenvalue weighted by molar-refractivity contribution is 0.142. The average molecular weight is 253 g/mol. The van der Waals surface area contributed by atoms with E-state index in [0.29, 0.717) is 0 Å². The van der Waals surface area contributed by atoms with Crippen LogP contribution in [0.5, 0.6) is 0 Å². The third kappa shape index (κ3) is 3.94. The van der Waals surface area contributed by atoms with Crippen molar-refractivity contribution in [2.75, 3.05) is 33.7 Å². The minimum Gasteiger partial charge on any atom is -0.314 e. The fourth-order valence-electron chi connectivity index (χ4n) is 3.73. The molecule has 106 valence electrons. The molecule has 3 heteroatoms. The molecule has 2 fully saturated rings. The van der Waals surface area contributed by atoms with Gasteiger partial charge in [0.1, 0.15) is 0 Å². The van der Waals surface area contributed by atoms with E-state index >= 15 is 0 Å². The van der Waals surface area contributed by atoms with Crippen LogP contribution < -0.4 is 5.32 Å². The zero-order valence-electron chi connectivity index (χ0n) is 12.5. The third-order valence-electron chi connectivity index (χ3n) is 4.60. The van der Waals surface area contributed by atoms with Crippen molar-refractivity contribution in [2.45, 2.75) is 63.6 Å². The highest BCUT2D eigenvalue weighted by Gasteiger charge is 2.30. The van der Waals surface area contributed by atoms with Gasteiger partial charge < -0.3 is 10.2 Å². The molecular formula is C15H31N3. The zero-order valence-corrected chi connectivity index (χ0v) is 12.5. The van der Waals surface area contributed by atoms with Gasteiger partial charge in [-0.25, -0.2) is 0 Å². The van der Waals surface area contributed by atoms with Gasteiger partial charge in [0.25, 0.3) is 0 Å². The van der Waals surface area contributed by atoms with Gasteiger partial charge in [-0.2, -0.15) is 0 Å². The van der Waals surface area contributed by atoms with Gasteiger partial charge >= 0.3 is 0 Å². The lowest BCUT2D eigenvalue weighted by Gasteiger charge is -2.35. The van der Waals surface area contributed by atoms with Gasteiger partial charge in [0.05, 0.1) is 0 Å². The van der Waals surface area contributed by atoms with Crippen molar-refractivity contribution in [3.8, 4) is 0 Å². The van der Waals surface area contributed by atoms with Crippen molar-refractivity contribution >= 4 is 0 Å². The van der Waals surface area contributed by atoms with Crippen molar-refractivity contribution in [3.63, 3.8) is 0 Å². The highest BCUT2D eigenvalue weighted by atomic mass is 15.2. The van der Waals surface area contributed by atoms with E-state index in [4.69, 9.17) is 0 Å². The number of hydrogen-bond donors (Lipinski definition) is 1. The average Bonchev–Trinajstić information content (AvgIpc) is 2.77. The van der Waals surface area contributed by atoms with E-state index < -0.39 is 0 Å². The van der Waals surface area contributed by atoms with Crippen molar-refractivity contribution < 1.29 is 0 Å². The maximum Gasteiger partial charge on any atom is 0.0226 e. The number of likely N-dealkylation sites (tertiary alicyclic amines) is 1. The molecule has 1 N–H and O–H groups in total. The first kappa shape index (κ1) is 14.3. The Bertz CT molecular complexity index is 236. The largest absolute Gasteiger partial charge is 0.314 e. The Hall–Kier alpha value is -0.120. The maximum absolute atomic E-state index is 3.69. The van der Waals surface area contributed by atoms with Crippen LogP contribution in [-0.4, -0.2) is 61.7 Å². The van der Waals surface area contributed by atoms with Crippen LogP contribution in [0.3, 0.4) is 0 Å². The van der Waals surface area contributed by atoms with Gasteiger partial charge in [-0.3, -0.25) is 4.90 Å². The lowest BCUT2D eigenvalue weighted by Crippen LogP contribution is -2.46. The van der Waals surface area contributed by atoms with Crippen LogP contribution in [0, 0.1) is 0 Å². The molecule has 2 aliphatic heterocycles. The van der Waals surface area contributed by atoms with Crippen LogP contribution in [0.4, 0.5) is 0 Å². The molecule has 2 aliphatic rings. The molecule has 2 saturated heterocycles. The molecule has 0 aromatic carbocycles. The fraction of sp³-hybridized carbons (Fsp3) is 1.00. The number of piperidine rings is 1. The minimum atomic E-state index is 0.744. The van der Waals surface area contributed by atoms with Crippen LogP contribution in [-0.2, 0) is 0 Å². The molecule has 0 saturated carbocycles. The molecule has 3 nitrogen and oxygen atoms in total. The Kier molecular flexibility index (Phi) is 5.46. The van der Waals surface area contributed by atoms with E-state index in [1.54, 1.807) is 0 Å². The van der Waals surface area contributed by atoms with Gasteiger partial charge in [0.15, 0.2) is 0 Å². The van der Waals surface area contributed by atoms with Gasteiger partial charge in [-0.05, 0) is 66.2 Å². The minimum absolute atomic E-state index is 0.744. The lowest BCUT2D eigenvalue weighted by atomic mass is 9.97. The first-order chi connectivity index (χ1) is 8.66. The number of hydrogen-bond acceptors (Lipinski definition) is 3. The highest BCUT2D eigenvalue weighted by Crippen LogP contribution is 2.24. The molecule has 0 bridgehead atoms. The van der Waals surface area contributed by atoms with Crippen molar-refractivity contribution in [1.82, 2.24) is 15.1 Å². The standard InChI is InChI=1S/C15H31N3/c1-13(11-14-7-4-5-9-16-14)18-10-6-8-15(18)12-17(2)3/h13-16H,4-12H2,1-3H3. The first-order valence-corrected chi connectivity index (χ1v) is 7.80. The van der Waals surface area contributed by atoms with Crippen molar-refractivity contribution in [3.05, 3.63) is 0 Å². The van der Waals surface area contributed by atoms with E-state index in [1.807, 2.05) is 0 Å². The van der Waals surface area contributed by atoms with E-state index in [9.17, 15) is 0 Å². The molecule has 2 heterocycles. The summed E-state index contributed by atoms with van der Waals surface area (Å²) < 4.78 is 0. The molecule has 0 aromatic rings. The van der Waals surface area contributed by atoms with Crippen LogP contribution in [0.25, 0.3) is 0 Å². The second-order valence-electron chi connectivity index (χ2n) is 6.53. The molecule has 2 rings (SSSR count). The summed E-state index contributed by atoms with van der Waals surface area (Å²) in [5.41, 5.74) is 0. The predicted molar refractivity (Wildman–Crippen MR) is 78.0 cm³/mol. The van der Waals surface area contributed by atoms with Crippen molar-refractivity contribution in [2.24, 2.45) is 0 Å². The van der Waals surface area contributed by atoms with Crippen LogP contribution in [0.2, 0.25) is 0 Å². The summed E-state index contributed by atoms with van der Waals surface area (Å²) in [6, 6.07) is 2.31. The topological polar surface area (TPSA) is 18.5 Å². The number of nitrogens with one attached hydrogen (secondary N) is 1. The van der Waals surface area contributed by atoms with Gasteiger partial charge in [-0.15, -0.1) is 0 Å². The second-order valence-corrected chi connectivity index (χ2v) is 6.53. The molecule has 0 amide bonds. The quantitative estimate of drug-likeness (QED) is 0.808. The summed E-state index contributed by atoms with van der Waals surface area (Å²) in [7, 11) is 4.40. The van der Waals surface area contributed by atoms with Crippen LogP contribution in [0.15, 0.2) is 0 Å².